The molecule has 1 aliphatic heterocycles. The molecule has 0 spiro atoms. The predicted octanol–water partition coefficient (Wildman–Crippen LogP) is 2.31. The van der Waals surface area contributed by atoms with E-state index in [0.717, 1.165) is 19.0 Å². The molecule has 2 nitrogen and oxygen atoms in total. The van der Waals surface area contributed by atoms with Crippen molar-refractivity contribution in [1.29, 1.82) is 0 Å². The molecule has 94 valence electrons. The fourth-order valence-electron chi connectivity index (χ4n) is 2.61. The van der Waals surface area contributed by atoms with Gasteiger partial charge in [0.1, 0.15) is 0 Å². The summed E-state index contributed by atoms with van der Waals surface area (Å²) in [5.41, 5.74) is 3.02. The molecule has 0 amide bonds. The summed E-state index contributed by atoms with van der Waals surface area (Å²) in [4.78, 5) is 0. The van der Waals surface area contributed by atoms with Gasteiger partial charge in [0.2, 0.25) is 0 Å². The molecule has 1 unspecified atom stereocenters. The van der Waals surface area contributed by atoms with E-state index in [4.69, 9.17) is 0 Å². The first-order valence-corrected chi connectivity index (χ1v) is 6.84. The molecule has 1 heterocycles. The zero-order chi connectivity index (χ0) is 11.9. The summed E-state index contributed by atoms with van der Waals surface area (Å²) in [5.74, 6) is 0.730. The van der Waals surface area contributed by atoms with Crippen molar-refractivity contribution in [1.82, 2.24) is 10.6 Å². The Kier molecular flexibility index (Phi) is 5.02. The van der Waals surface area contributed by atoms with Crippen molar-refractivity contribution < 1.29 is 0 Å². The Morgan fingerprint density at radius 2 is 2.35 bits per heavy atom. The van der Waals surface area contributed by atoms with Gasteiger partial charge >= 0.3 is 0 Å². The van der Waals surface area contributed by atoms with Gasteiger partial charge in [0, 0.05) is 6.54 Å². The largest absolute Gasteiger partial charge is 0.320 e. The van der Waals surface area contributed by atoms with Crippen LogP contribution in [0.15, 0.2) is 24.3 Å². The molecule has 1 fully saturated rings. The molecule has 1 aliphatic rings. The molecule has 1 saturated heterocycles. The fraction of sp³-hybridized carbons (Fsp3) is 0.600. The Hall–Kier alpha value is -0.860. The molecule has 1 aromatic rings. The third-order valence-electron chi connectivity index (χ3n) is 3.61. The monoisotopic (exact) mass is 232 g/mol. The lowest BCUT2D eigenvalue weighted by atomic mass is 9.90. The molecule has 1 aromatic carbocycles. The maximum Gasteiger partial charge on any atom is 0.00201 e. The summed E-state index contributed by atoms with van der Waals surface area (Å²) in [6, 6.07) is 9.18. The standard InChI is InChI=1S/C15H24N2/c1-16-9-3-6-13-5-2-7-14(11-13)15-8-4-10-17-12-15/h2,5,7,11,15-17H,3-4,6,8-10,12H2,1H3. The van der Waals surface area contributed by atoms with Crippen LogP contribution in [0.5, 0.6) is 0 Å². The average molecular weight is 232 g/mol. The minimum absolute atomic E-state index is 0.730. The molecule has 0 bridgehead atoms. The normalized spacial score (nSPS) is 20.4. The lowest BCUT2D eigenvalue weighted by Crippen LogP contribution is -2.28. The van der Waals surface area contributed by atoms with Crippen molar-refractivity contribution in [2.24, 2.45) is 0 Å². The van der Waals surface area contributed by atoms with Crippen LogP contribution in [-0.2, 0) is 6.42 Å². The van der Waals surface area contributed by atoms with Crippen molar-refractivity contribution in [2.45, 2.75) is 31.6 Å². The van der Waals surface area contributed by atoms with Crippen LogP contribution in [0.3, 0.4) is 0 Å². The van der Waals surface area contributed by atoms with Crippen LogP contribution in [0.1, 0.15) is 36.3 Å². The maximum atomic E-state index is 3.50. The lowest BCUT2D eigenvalue weighted by molar-refractivity contribution is 0.461. The second kappa shape index (κ2) is 6.77. The van der Waals surface area contributed by atoms with E-state index in [9.17, 15) is 0 Å². The molecule has 0 saturated carbocycles. The van der Waals surface area contributed by atoms with Crippen LogP contribution in [0.25, 0.3) is 0 Å². The molecular formula is C15H24N2. The van der Waals surface area contributed by atoms with E-state index < -0.39 is 0 Å². The molecule has 0 radical (unpaired) electrons. The third-order valence-corrected chi connectivity index (χ3v) is 3.61. The molecule has 17 heavy (non-hydrogen) atoms. The highest BCUT2D eigenvalue weighted by molar-refractivity contribution is 5.27. The van der Waals surface area contributed by atoms with E-state index in [2.05, 4.69) is 34.9 Å². The van der Waals surface area contributed by atoms with Gasteiger partial charge in [-0.3, -0.25) is 0 Å². The summed E-state index contributed by atoms with van der Waals surface area (Å²) in [6.45, 7) is 3.45. The van der Waals surface area contributed by atoms with Gasteiger partial charge in [-0.1, -0.05) is 24.3 Å². The van der Waals surface area contributed by atoms with E-state index in [0.29, 0.717) is 0 Å². The minimum atomic E-state index is 0.730. The summed E-state index contributed by atoms with van der Waals surface area (Å²) in [5, 5.41) is 6.70. The SMILES string of the molecule is CNCCCc1cccc(C2CCCNC2)c1. The highest BCUT2D eigenvalue weighted by Crippen LogP contribution is 2.24. The van der Waals surface area contributed by atoms with Gasteiger partial charge in [-0.2, -0.15) is 0 Å². The quantitative estimate of drug-likeness (QED) is 0.761. The Morgan fingerprint density at radius 3 is 3.12 bits per heavy atom. The highest BCUT2D eigenvalue weighted by atomic mass is 14.9. The van der Waals surface area contributed by atoms with Crippen LogP contribution in [0.4, 0.5) is 0 Å². The van der Waals surface area contributed by atoms with E-state index in [-0.39, 0.29) is 0 Å². The number of rotatable bonds is 5. The van der Waals surface area contributed by atoms with Crippen molar-refractivity contribution >= 4 is 0 Å². The summed E-state index contributed by atoms with van der Waals surface area (Å²) in [7, 11) is 2.02. The van der Waals surface area contributed by atoms with Crippen molar-refractivity contribution in [3.8, 4) is 0 Å². The van der Waals surface area contributed by atoms with Gasteiger partial charge in [-0.25, -0.2) is 0 Å². The van der Waals surface area contributed by atoms with Gasteiger partial charge in [0.15, 0.2) is 0 Å². The summed E-state index contributed by atoms with van der Waals surface area (Å²) in [6.07, 6.45) is 5.07. The van der Waals surface area contributed by atoms with E-state index in [1.54, 1.807) is 0 Å². The van der Waals surface area contributed by atoms with Gasteiger partial charge < -0.3 is 10.6 Å². The van der Waals surface area contributed by atoms with Crippen molar-refractivity contribution in [2.75, 3.05) is 26.7 Å². The zero-order valence-electron chi connectivity index (χ0n) is 10.8. The average Bonchev–Trinajstić information content (AvgIpc) is 2.41. The second-order valence-electron chi connectivity index (χ2n) is 5.00. The second-order valence-corrected chi connectivity index (χ2v) is 5.00. The first-order chi connectivity index (χ1) is 8.40. The number of piperidine rings is 1. The molecule has 2 heteroatoms. The maximum absolute atomic E-state index is 3.50. The van der Waals surface area contributed by atoms with Crippen LogP contribution >= 0.6 is 0 Å². The number of benzene rings is 1. The Morgan fingerprint density at radius 1 is 1.41 bits per heavy atom. The third kappa shape index (κ3) is 3.83. The summed E-state index contributed by atoms with van der Waals surface area (Å²) >= 11 is 0. The van der Waals surface area contributed by atoms with Gasteiger partial charge in [0.05, 0.1) is 0 Å². The predicted molar refractivity (Wildman–Crippen MR) is 73.5 cm³/mol. The number of aryl methyl sites for hydroxylation is 1. The number of nitrogens with one attached hydrogen (secondary N) is 2. The topological polar surface area (TPSA) is 24.1 Å². The zero-order valence-corrected chi connectivity index (χ0v) is 10.8. The molecule has 0 aromatic heterocycles. The molecule has 1 atom stereocenters. The molecule has 2 rings (SSSR count). The van der Waals surface area contributed by atoms with E-state index in [1.165, 1.54) is 43.4 Å². The first kappa shape index (κ1) is 12.6. The van der Waals surface area contributed by atoms with Crippen LogP contribution < -0.4 is 10.6 Å². The first-order valence-electron chi connectivity index (χ1n) is 6.84. The molecular weight excluding hydrogens is 208 g/mol. The van der Waals surface area contributed by atoms with Gasteiger partial charge in [-0.05, 0) is 62.9 Å². The molecule has 0 aliphatic carbocycles. The minimum Gasteiger partial charge on any atom is -0.320 e. The molecule has 2 N–H and O–H groups in total. The van der Waals surface area contributed by atoms with Crippen LogP contribution in [-0.4, -0.2) is 26.7 Å². The van der Waals surface area contributed by atoms with Crippen LogP contribution in [0, 0.1) is 0 Å². The van der Waals surface area contributed by atoms with E-state index >= 15 is 0 Å². The van der Waals surface area contributed by atoms with E-state index in [1.807, 2.05) is 7.05 Å². The van der Waals surface area contributed by atoms with Crippen LogP contribution in [0.2, 0.25) is 0 Å². The lowest BCUT2D eigenvalue weighted by Gasteiger charge is -2.23. The number of hydrogen-bond acceptors (Lipinski definition) is 2. The Bertz CT molecular complexity index is 329. The van der Waals surface area contributed by atoms with Crippen molar-refractivity contribution in [3.63, 3.8) is 0 Å². The van der Waals surface area contributed by atoms with Gasteiger partial charge in [0.25, 0.3) is 0 Å². The Balaban J connectivity index is 1.95. The fourth-order valence-corrected chi connectivity index (χ4v) is 2.61. The Labute approximate surface area is 105 Å². The van der Waals surface area contributed by atoms with Crippen molar-refractivity contribution in [3.05, 3.63) is 35.4 Å². The smallest absolute Gasteiger partial charge is 0.00201 e. The highest BCUT2D eigenvalue weighted by Gasteiger charge is 2.14. The number of hydrogen-bond donors (Lipinski definition) is 2. The summed E-state index contributed by atoms with van der Waals surface area (Å²) < 4.78 is 0. The van der Waals surface area contributed by atoms with Gasteiger partial charge in [-0.15, -0.1) is 0 Å².